The Labute approximate surface area is 105 Å². The maximum Gasteiger partial charge on any atom is 0.329 e. The first-order chi connectivity index (χ1) is 8.58. The van der Waals surface area contributed by atoms with Gasteiger partial charge in [-0.05, 0) is 23.6 Å². The van der Waals surface area contributed by atoms with Crippen LogP contribution in [0.4, 0.5) is 5.69 Å². The summed E-state index contributed by atoms with van der Waals surface area (Å²) in [5, 5.41) is 8.43. The fourth-order valence-electron chi connectivity index (χ4n) is 2.03. The van der Waals surface area contributed by atoms with Crippen LogP contribution >= 0.6 is 0 Å². The van der Waals surface area contributed by atoms with Crippen LogP contribution < -0.4 is 4.90 Å². The van der Waals surface area contributed by atoms with Crippen LogP contribution in [0.2, 0.25) is 0 Å². The minimum atomic E-state index is -0.962. The molecule has 0 fully saturated rings. The van der Waals surface area contributed by atoms with Gasteiger partial charge in [-0.25, -0.2) is 4.79 Å². The molecular weight excluding hydrogens is 234 g/mol. The van der Waals surface area contributed by atoms with E-state index in [1.54, 1.807) is 11.9 Å². The van der Waals surface area contributed by atoms with Gasteiger partial charge in [-0.3, -0.25) is 4.79 Å². The second-order valence-corrected chi connectivity index (χ2v) is 4.29. The lowest BCUT2D eigenvalue weighted by Gasteiger charge is -2.10. The van der Waals surface area contributed by atoms with Gasteiger partial charge >= 0.3 is 5.97 Å². The van der Waals surface area contributed by atoms with E-state index in [0.717, 1.165) is 16.8 Å². The minimum Gasteiger partial charge on any atom is -0.480 e. The summed E-state index contributed by atoms with van der Waals surface area (Å²) in [6.07, 6.45) is 1.09. The fraction of sp³-hybridized carbons (Fsp3) is 0.385. The number of ether oxygens (including phenoxy) is 1. The van der Waals surface area contributed by atoms with E-state index in [0.29, 0.717) is 19.4 Å². The molecule has 2 rings (SSSR count). The summed E-state index contributed by atoms with van der Waals surface area (Å²) in [6.45, 7) is 0.0983. The van der Waals surface area contributed by atoms with Crippen molar-refractivity contribution in [2.24, 2.45) is 0 Å². The van der Waals surface area contributed by atoms with Gasteiger partial charge in [0.2, 0.25) is 5.91 Å². The number of carboxylic acid groups (broad SMARTS) is 1. The number of benzene rings is 1. The van der Waals surface area contributed by atoms with Gasteiger partial charge in [0.1, 0.15) is 6.61 Å². The van der Waals surface area contributed by atoms with E-state index in [4.69, 9.17) is 9.84 Å². The molecule has 1 N–H and O–H groups in total. The number of carbonyl (C=O) groups excluding carboxylic acids is 1. The van der Waals surface area contributed by atoms with Crippen molar-refractivity contribution < 1.29 is 19.4 Å². The maximum atomic E-state index is 11.5. The van der Waals surface area contributed by atoms with Crippen molar-refractivity contribution in [3.8, 4) is 0 Å². The second-order valence-electron chi connectivity index (χ2n) is 4.29. The van der Waals surface area contributed by atoms with Crippen molar-refractivity contribution in [1.29, 1.82) is 0 Å². The predicted molar refractivity (Wildman–Crippen MR) is 65.7 cm³/mol. The molecule has 0 aliphatic carbocycles. The molecule has 5 nitrogen and oxygen atoms in total. The Hall–Kier alpha value is -1.88. The first kappa shape index (κ1) is 12.6. The van der Waals surface area contributed by atoms with Gasteiger partial charge in [-0.1, -0.05) is 12.1 Å². The number of carboxylic acids is 1. The molecule has 1 aromatic carbocycles. The smallest absolute Gasteiger partial charge is 0.329 e. The molecule has 1 aliphatic heterocycles. The predicted octanol–water partition coefficient (Wildman–Crippen LogP) is 0.849. The number of amides is 1. The third kappa shape index (κ3) is 2.68. The van der Waals surface area contributed by atoms with Crippen molar-refractivity contribution in [2.45, 2.75) is 12.8 Å². The summed E-state index contributed by atoms with van der Waals surface area (Å²) in [5.74, 6) is -0.861. The number of likely N-dealkylation sites (N-methyl/N-ethyl adjacent to an activating group) is 1. The molecule has 96 valence electrons. The lowest BCUT2D eigenvalue weighted by molar-refractivity contribution is -0.142. The number of nitrogens with zero attached hydrogens (tertiary/aromatic N) is 1. The summed E-state index contributed by atoms with van der Waals surface area (Å²) in [5.41, 5.74) is 3.04. The van der Waals surface area contributed by atoms with E-state index < -0.39 is 5.97 Å². The van der Waals surface area contributed by atoms with Crippen LogP contribution in [0.25, 0.3) is 0 Å². The average Bonchev–Trinajstić information content (AvgIpc) is 2.60. The SMILES string of the molecule is CN1C(=O)Cc2cc(CCOCC(=O)O)ccc21. The van der Waals surface area contributed by atoms with Crippen LogP contribution in [-0.4, -0.2) is 37.2 Å². The van der Waals surface area contributed by atoms with Gasteiger partial charge < -0.3 is 14.7 Å². The van der Waals surface area contributed by atoms with Crippen LogP contribution in [-0.2, 0) is 27.2 Å². The monoisotopic (exact) mass is 249 g/mol. The highest BCUT2D eigenvalue weighted by Crippen LogP contribution is 2.28. The molecule has 0 saturated heterocycles. The number of rotatable bonds is 5. The maximum absolute atomic E-state index is 11.5. The zero-order valence-corrected chi connectivity index (χ0v) is 10.2. The number of carbonyl (C=O) groups is 2. The van der Waals surface area contributed by atoms with Crippen LogP contribution in [0, 0.1) is 0 Å². The Balaban J connectivity index is 1.94. The zero-order chi connectivity index (χ0) is 13.1. The largest absolute Gasteiger partial charge is 0.480 e. The lowest BCUT2D eigenvalue weighted by Crippen LogP contribution is -2.20. The first-order valence-corrected chi connectivity index (χ1v) is 5.76. The fourth-order valence-corrected chi connectivity index (χ4v) is 2.03. The third-order valence-electron chi connectivity index (χ3n) is 2.98. The molecule has 0 aromatic heterocycles. The van der Waals surface area contributed by atoms with Crippen molar-refractivity contribution in [3.63, 3.8) is 0 Å². The van der Waals surface area contributed by atoms with Crippen molar-refractivity contribution in [3.05, 3.63) is 29.3 Å². The molecule has 1 heterocycles. The van der Waals surface area contributed by atoms with Gasteiger partial charge in [0.25, 0.3) is 0 Å². The summed E-state index contributed by atoms with van der Waals surface area (Å²) in [7, 11) is 1.77. The van der Waals surface area contributed by atoms with Crippen molar-refractivity contribution in [2.75, 3.05) is 25.2 Å². The number of fused-ring (bicyclic) bond motifs is 1. The Morgan fingerprint density at radius 1 is 1.50 bits per heavy atom. The summed E-state index contributed by atoms with van der Waals surface area (Å²) in [4.78, 5) is 23.4. The third-order valence-corrected chi connectivity index (χ3v) is 2.98. The van der Waals surface area contributed by atoms with Crippen molar-refractivity contribution >= 4 is 17.6 Å². The molecule has 0 saturated carbocycles. The van der Waals surface area contributed by atoms with Crippen LogP contribution in [0.1, 0.15) is 11.1 Å². The molecule has 0 spiro atoms. The molecule has 18 heavy (non-hydrogen) atoms. The van der Waals surface area contributed by atoms with E-state index in [2.05, 4.69) is 0 Å². The van der Waals surface area contributed by atoms with Crippen LogP contribution in [0.15, 0.2) is 18.2 Å². The summed E-state index contributed by atoms with van der Waals surface area (Å²) >= 11 is 0. The molecule has 0 radical (unpaired) electrons. The standard InChI is InChI=1S/C13H15NO4/c1-14-11-3-2-9(4-5-18-8-13(16)17)6-10(11)7-12(14)15/h2-3,6H,4-5,7-8H2,1H3,(H,16,17). The van der Waals surface area contributed by atoms with E-state index >= 15 is 0 Å². The van der Waals surface area contributed by atoms with Gasteiger partial charge in [0.15, 0.2) is 0 Å². The molecular formula is C13H15NO4. The highest BCUT2D eigenvalue weighted by atomic mass is 16.5. The van der Waals surface area contributed by atoms with E-state index in [9.17, 15) is 9.59 Å². The Morgan fingerprint density at radius 3 is 3.00 bits per heavy atom. The number of hydrogen-bond acceptors (Lipinski definition) is 3. The van der Waals surface area contributed by atoms with Gasteiger partial charge in [0.05, 0.1) is 13.0 Å². The van der Waals surface area contributed by atoms with Gasteiger partial charge in [-0.15, -0.1) is 0 Å². The van der Waals surface area contributed by atoms with E-state index in [1.807, 2.05) is 18.2 Å². The van der Waals surface area contributed by atoms with Crippen LogP contribution in [0.5, 0.6) is 0 Å². The number of aliphatic carboxylic acids is 1. The van der Waals surface area contributed by atoms with Crippen molar-refractivity contribution in [1.82, 2.24) is 0 Å². The van der Waals surface area contributed by atoms with E-state index in [-0.39, 0.29) is 12.5 Å². The zero-order valence-electron chi connectivity index (χ0n) is 10.2. The molecule has 1 aromatic rings. The van der Waals surface area contributed by atoms with Crippen LogP contribution in [0.3, 0.4) is 0 Å². The quantitative estimate of drug-likeness (QED) is 0.786. The minimum absolute atomic E-state index is 0.101. The van der Waals surface area contributed by atoms with Gasteiger partial charge in [-0.2, -0.15) is 0 Å². The first-order valence-electron chi connectivity index (χ1n) is 5.76. The molecule has 5 heteroatoms. The summed E-state index contributed by atoms with van der Waals surface area (Å²) < 4.78 is 4.98. The molecule has 0 atom stereocenters. The normalized spacial score (nSPS) is 13.8. The second kappa shape index (κ2) is 5.18. The average molecular weight is 249 g/mol. The molecule has 0 unspecified atom stereocenters. The Morgan fingerprint density at radius 2 is 2.28 bits per heavy atom. The summed E-state index contributed by atoms with van der Waals surface area (Å²) in [6, 6.07) is 5.85. The number of hydrogen-bond donors (Lipinski definition) is 1. The van der Waals surface area contributed by atoms with Gasteiger partial charge in [0, 0.05) is 12.7 Å². The Kier molecular flexibility index (Phi) is 3.62. The Bertz CT molecular complexity index is 484. The number of anilines is 1. The highest BCUT2D eigenvalue weighted by molar-refractivity contribution is 6.00. The highest BCUT2D eigenvalue weighted by Gasteiger charge is 2.23. The molecule has 0 bridgehead atoms. The topological polar surface area (TPSA) is 66.8 Å². The lowest BCUT2D eigenvalue weighted by atomic mass is 10.1. The van der Waals surface area contributed by atoms with E-state index in [1.165, 1.54) is 0 Å². The molecule has 1 amide bonds. The molecule has 1 aliphatic rings.